The summed E-state index contributed by atoms with van der Waals surface area (Å²) >= 11 is 5.78. The van der Waals surface area contributed by atoms with Crippen molar-refractivity contribution in [1.82, 2.24) is 0 Å². The molecule has 2 aromatic rings. The number of aliphatic imine (C=N–C) groups is 2. The zero-order chi connectivity index (χ0) is 12.8. The zero-order valence-corrected chi connectivity index (χ0v) is 10.4. The molecule has 0 aliphatic carbocycles. The maximum Gasteiger partial charge on any atom is 0.100 e. The molecule has 0 saturated heterocycles. The Morgan fingerprint density at radius 1 is 1.00 bits per heavy atom. The van der Waals surface area contributed by atoms with Crippen LogP contribution in [-0.4, -0.2) is 6.01 Å². The first-order chi connectivity index (χ1) is 8.75. The molecular weight excluding hydrogens is 244 g/mol. The zero-order valence-electron chi connectivity index (χ0n) is 9.68. The van der Waals surface area contributed by atoms with Gasteiger partial charge in [-0.1, -0.05) is 48.5 Å². The molecule has 0 aliphatic rings. The van der Waals surface area contributed by atoms with Crippen LogP contribution >= 0.6 is 11.6 Å². The number of hydrogen-bond donors (Lipinski definition) is 0. The van der Waals surface area contributed by atoms with Gasteiger partial charge in [-0.25, -0.2) is 0 Å². The van der Waals surface area contributed by atoms with Crippen LogP contribution in [0.5, 0.6) is 0 Å². The summed E-state index contributed by atoms with van der Waals surface area (Å²) in [7, 11) is 0. The van der Waals surface area contributed by atoms with Crippen LogP contribution in [0.2, 0.25) is 5.02 Å². The van der Waals surface area contributed by atoms with E-state index in [1.54, 1.807) is 24.3 Å². The second-order valence-corrected chi connectivity index (χ2v) is 4.05. The van der Waals surface area contributed by atoms with Gasteiger partial charge >= 0.3 is 0 Å². The van der Waals surface area contributed by atoms with Crippen molar-refractivity contribution >= 4 is 29.0 Å². The van der Waals surface area contributed by atoms with E-state index in [0.29, 0.717) is 10.7 Å². The largest absolute Gasteiger partial charge is 0.188 e. The van der Waals surface area contributed by atoms with Crippen molar-refractivity contribution in [3.8, 4) is 0 Å². The van der Waals surface area contributed by atoms with Gasteiger partial charge in [0.2, 0.25) is 0 Å². The molecule has 2 rings (SSSR count). The van der Waals surface area contributed by atoms with Gasteiger partial charge in [0.1, 0.15) is 6.01 Å². The van der Waals surface area contributed by atoms with Crippen LogP contribution in [-0.2, 0) is 0 Å². The molecule has 0 atom stereocenters. The highest BCUT2D eigenvalue weighted by Gasteiger charge is 1.93. The molecule has 88 valence electrons. The number of nitrogens with zero attached hydrogens (tertiary/aromatic N) is 2. The van der Waals surface area contributed by atoms with E-state index in [2.05, 4.69) is 22.6 Å². The Morgan fingerprint density at radius 2 is 1.67 bits per heavy atom. The monoisotopic (exact) mass is 254 g/mol. The predicted octanol–water partition coefficient (Wildman–Crippen LogP) is 4.82. The van der Waals surface area contributed by atoms with Gasteiger partial charge < -0.3 is 0 Å². The Hall–Kier alpha value is -2.15. The summed E-state index contributed by atoms with van der Waals surface area (Å²) in [6, 6.07) is 19.5. The van der Waals surface area contributed by atoms with Crippen molar-refractivity contribution in [3.05, 3.63) is 71.8 Å². The molecule has 2 nitrogen and oxygen atoms in total. The quantitative estimate of drug-likeness (QED) is 0.702. The normalized spacial score (nSPS) is 9.39. The van der Waals surface area contributed by atoms with E-state index in [-0.39, 0.29) is 0 Å². The first-order valence-corrected chi connectivity index (χ1v) is 5.80. The lowest BCUT2D eigenvalue weighted by molar-refractivity contribution is 1.49. The Labute approximate surface area is 111 Å². The smallest absolute Gasteiger partial charge is 0.100 e. The fourth-order valence-electron chi connectivity index (χ4n) is 1.35. The highest BCUT2D eigenvalue weighted by Crippen LogP contribution is 2.16. The van der Waals surface area contributed by atoms with E-state index < -0.39 is 0 Å². The molecule has 0 aromatic heterocycles. The highest BCUT2D eigenvalue weighted by atomic mass is 35.5. The third-order valence-electron chi connectivity index (χ3n) is 2.30. The summed E-state index contributed by atoms with van der Waals surface area (Å²) in [5.74, 6) is 0. The summed E-state index contributed by atoms with van der Waals surface area (Å²) in [5.41, 5.74) is 2.34. The molecule has 0 spiro atoms. The summed E-state index contributed by atoms with van der Waals surface area (Å²) in [6.07, 6.45) is 0. The van der Waals surface area contributed by atoms with Gasteiger partial charge in [-0.3, -0.25) is 0 Å². The number of hydrogen-bond acceptors (Lipinski definition) is 2. The van der Waals surface area contributed by atoms with Crippen LogP contribution < -0.4 is 0 Å². The van der Waals surface area contributed by atoms with Gasteiger partial charge in [-0.2, -0.15) is 9.98 Å². The molecule has 18 heavy (non-hydrogen) atoms. The lowest BCUT2D eigenvalue weighted by Crippen LogP contribution is -1.76. The second kappa shape index (κ2) is 5.97. The van der Waals surface area contributed by atoms with E-state index in [0.717, 1.165) is 11.3 Å². The lowest BCUT2D eigenvalue weighted by Gasteiger charge is -1.95. The van der Waals surface area contributed by atoms with Gasteiger partial charge in [0.15, 0.2) is 0 Å². The fraction of sp³-hybridized carbons (Fsp3) is 0. The van der Waals surface area contributed by atoms with Crippen LogP contribution in [0, 0.1) is 0 Å². The summed E-state index contributed by atoms with van der Waals surface area (Å²) < 4.78 is 0. The molecule has 2 aromatic carbocycles. The first-order valence-electron chi connectivity index (χ1n) is 5.42. The van der Waals surface area contributed by atoms with E-state index >= 15 is 0 Å². The molecule has 3 heteroatoms. The molecule has 0 heterocycles. The third kappa shape index (κ3) is 3.42. The summed E-state index contributed by atoms with van der Waals surface area (Å²) in [6.45, 7) is 3.86. The van der Waals surface area contributed by atoms with Gasteiger partial charge in [0.25, 0.3) is 0 Å². The molecule has 0 amide bonds. The molecule has 0 N–H and O–H groups in total. The van der Waals surface area contributed by atoms with E-state index in [1.165, 1.54) is 0 Å². The number of benzene rings is 2. The van der Waals surface area contributed by atoms with Crippen molar-refractivity contribution in [2.45, 2.75) is 0 Å². The second-order valence-electron chi connectivity index (χ2n) is 3.61. The number of rotatable bonds is 3. The Balaban J connectivity index is 2.11. The van der Waals surface area contributed by atoms with Crippen molar-refractivity contribution in [1.29, 1.82) is 0 Å². The maximum atomic E-state index is 5.78. The minimum absolute atomic E-state index is 0.633. The van der Waals surface area contributed by atoms with Crippen molar-refractivity contribution in [2.75, 3.05) is 0 Å². The first kappa shape index (κ1) is 12.3. The van der Waals surface area contributed by atoms with Crippen molar-refractivity contribution in [2.24, 2.45) is 9.98 Å². The molecule has 0 fully saturated rings. The Kier molecular flexibility index (Phi) is 4.08. The summed E-state index contributed by atoms with van der Waals surface area (Å²) in [5, 5.41) is 0.680. The van der Waals surface area contributed by atoms with Crippen LogP contribution in [0.25, 0.3) is 5.70 Å². The van der Waals surface area contributed by atoms with Crippen LogP contribution in [0.3, 0.4) is 0 Å². The molecule has 0 aliphatic heterocycles. The number of halogens is 1. The minimum Gasteiger partial charge on any atom is -0.188 e. The topological polar surface area (TPSA) is 24.7 Å². The van der Waals surface area contributed by atoms with Gasteiger partial charge in [-0.05, 0) is 24.3 Å². The minimum atomic E-state index is 0.633. The maximum absolute atomic E-state index is 5.78. The molecular formula is C15H11ClN2. The molecule has 0 unspecified atom stereocenters. The van der Waals surface area contributed by atoms with Crippen molar-refractivity contribution < 1.29 is 0 Å². The SMILES string of the molecule is C=C(N=C=Nc1ccc(Cl)cc1)c1ccccc1. The lowest BCUT2D eigenvalue weighted by atomic mass is 10.2. The fourth-order valence-corrected chi connectivity index (χ4v) is 1.48. The predicted molar refractivity (Wildman–Crippen MR) is 76.5 cm³/mol. The van der Waals surface area contributed by atoms with Crippen LogP contribution in [0.4, 0.5) is 5.69 Å². The van der Waals surface area contributed by atoms with E-state index in [9.17, 15) is 0 Å². The Morgan fingerprint density at radius 3 is 2.33 bits per heavy atom. The summed E-state index contributed by atoms with van der Waals surface area (Å²) in [4.78, 5) is 8.14. The molecule has 0 bridgehead atoms. The third-order valence-corrected chi connectivity index (χ3v) is 2.55. The van der Waals surface area contributed by atoms with Gasteiger partial charge in [-0.15, -0.1) is 0 Å². The molecule has 0 saturated carbocycles. The van der Waals surface area contributed by atoms with Crippen molar-refractivity contribution in [3.63, 3.8) is 0 Å². The standard InChI is InChI=1S/C15H11ClN2/c1-12(13-5-3-2-4-6-13)17-11-18-15-9-7-14(16)8-10-15/h2-10H,1H2. The van der Waals surface area contributed by atoms with Crippen LogP contribution in [0.15, 0.2) is 71.2 Å². The Bertz CT molecular complexity index is 594. The van der Waals surface area contributed by atoms with E-state index in [1.807, 2.05) is 30.3 Å². The van der Waals surface area contributed by atoms with Gasteiger partial charge in [0.05, 0.1) is 11.4 Å². The van der Waals surface area contributed by atoms with Gasteiger partial charge in [0, 0.05) is 10.6 Å². The average molecular weight is 255 g/mol. The van der Waals surface area contributed by atoms with Crippen LogP contribution in [0.1, 0.15) is 5.56 Å². The molecule has 0 radical (unpaired) electrons. The highest BCUT2D eigenvalue weighted by molar-refractivity contribution is 6.30. The van der Waals surface area contributed by atoms with E-state index in [4.69, 9.17) is 11.6 Å². The average Bonchev–Trinajstić information content (AvgIpc) is 2.42.